The monoisotopic (exact) mass is 966 g/mol. The highest BCUT2D eigenvalue weighted by atomic mass is 19.1. The van der Waals surface area contributed by atoms with E-state index in [0.29, 0.717) is 62.7 Å². The van der Waals surface area contributed by atoms with Crippen molar-refractivity contribution in [3.63, 3.8) is 0 Å². The Morgan fingerprint density at radius 3 is 1.48 bits per heavy atom. The number of imidazole rings is 2. The van der Waals surface area contributed by atoms with Crippen molar-refractivity contribution in [2.24, 2.45) is 0 Å². The van der Waals surface area contributed by atoms with Crippen LogP contribution in [0.25, 0.3) is 44.8 Å². The fraction of sp³-hybridized carbons (Fsp3) is 0.298. The van der Waals surface area contributed by atoms with Crippen LogP contribution in [0.3, 0.4) is 0 Å². The van der Waals surface area contributed by atoms with E-state index in [2.05, 4.69) is 14.1 Å². The van der Waals surface area contributed by atoms with Crippen molar-refractivity contribution < 1.29 is 46.5 Å². The molecule has 0 spiro atoms. The van der Waals surface area contributed by atoms with Gasteiger partial charge in [0.2, 0.25) is 0 Å². The molecule has 2 aromatic heterocycles. The number of fused-ring (bicyclic) bond motifs is 2. The molecule has 0 atom stereocenters. The molecule has 2 heterocycles. The molecule has 0 amide bonds. The lowest BCUT2D eigenvalue weighted by Crippen LogP contribution is -2.14. The standard InChI is InChI=1S/C35H31F3N2O3.C22H23FN2O3/c1-2-42-35(41)24-14-17-32-31(20-24)39-34(40(32)27-12-4-3-5-13-27)29-16-15-28(21-30(29)38)43-33(22-8-6-10-25(36)18-22)23-9-7-11-26(37)19-23;1-2-28-22(27)14-8-11-20-19(12-14)24-21(17-10-9-16(26)13-18(17)23)25(20)15-6-4-3-5-7-15/h6-11,14-21,27,33H,2-5,12-13H2,1H3;8-13,15,26H,2-7H2,1H3. The zero-order valence-electron chi connectivity index (χ0n) is 39.6. The third kappa shape index (κ3) is 10.7. The van der Waals surface area contributed by atoms with Gasteiger partial charge in [0.25, 0.3) is 0 Å². The fourth-order valence-corrected chi connectivity index (χ4v) is 9.92. The molecule has 14 heteroatoms. The third-order valence-corrected chi connectivity index (χ3v) is 13.2. The highest BCUT2D eigenvalue weighted by Gasteiger charge is 2.27. The molecule has 6 aromatic carbocycles. The van der Waals surface area contributed by atoms with Gasteiger partial charge in [0.1, 0.15) is 52.5 Å². The maximum atomic E-state index is 16.0. The third-order valence-electron chi connectivity index (χ3n) is 13.2. The van der Waals surface area contributed by atoms with Gasteiger partial charge in [-0.15, -0.1) is 0 Å². The second kappa shape index (κ2) is 21.7. The van der Waals surface area contributed by atoms with Gasteiger partial charge < -0.3 is 28.5 Å². The summed E-state index contributed by atoms with van der Waals surface area (Å²) in [5.41, 5.74) is 5.31. The number of benzene rings is 6. The van der Waals surface area contributed by atoms with Crippen LogP contribution in [0, 0.1) is 23.3 Å². The summed E-state index contributed by atoms with van der Waals surface area (Å²) >= 11 is 0. The summed E-state index contributed by atoms with van der Waals surface area (Å²) in [4.78, 5) is 34.0. The molecule has 2 saturated carbocycles. The Kier molecular flexibility index (Phi) is 14.8. The van der Waals surface area contributed by atoms with E-state index in [1.54, 1.807) is 80.6 Å². The first kappa shape index (κ1) is 48.5. The lowest BCUT2D eigenvalue weighted by Gasteiger charge is -2.26. The maximum Gasteiger partial charge on any atom is 0.338 e. The number of phenols is 1. The Hall–Kier alpha value is -7.48. The molecule has 2 fully saturated rings. The number of esters is 2. The highest BCUT2D eigenvalue weighted by molar-refractivity contribution is 5.95. The normalized spacial score (nSPS) is 14.4. The molecule has 2 aliphatic carbocycles. The molecule has 0 aliphatic heterocycles. The van der Waals surface area contributed by atoms with Gasteiger partial charge in [-0.3, -0.25) is 0 Å². The molecule has 10 rings (SSSR count). The van der Waals surface area contributed by atoms with Crippen LogP contribution in [0.1, 0.15) is 128 Å². The van der Waals surface area contributed by atoms with Crippen molar-refractivity contribution >= 4 is 34.0 Å². The van der Waals surface area contributed by atoms with Gasteiger partial charge >= 0.3 is 11.9 Å². The zero-order valence-corrected chi connectivity index (χ0v) is 39.6. The van der Waals surface area contributed by atoms with E-state index in [1.807, 2.05) is 12.1 Å². The molecule has 0 bridgehead atoms. The molecule has 0 unspecified atom stereocenters. The number of carbonyl (C=O) groups is 2. The van der Waals surface area contributed by atoms with Gasteiger partial charge in [-0.1, -0.05) is 62.8 Å². The van der Waals surface area contributed by atoms with E-state index in [9.17, 15) is 27.9 Å². The first-order valence-electron chi connectivity index (χ1n) is 24.3. The van der Waals surface area contributed by atoms with Crippen molar-refractivity contribution in [2.45, 2.75) is 96.2 Å². The lowest BCUT2D eigenvalue weighted by molar-refractivity contribution is 0.0517. The van der Waals surface area contributed by atoms with Gasteiger partial charge in [0, 0.05) is 24.2 Å². The molecular weight excluding hydrogens is 913 g/mol. The van der Waals surface area contributed by atoms with E-state index < -0.39 is 41.3 Å². The fourth-order valence-electron chi connectivity index (χ4n) is 9.92. The Bertz CT molecular complexity index is 3170. The van der Waals surface area contributed by atoms with Crippen LogP contribution in [-0.2, 0) is 9.47 Å². The maximum absolute atomic E-state index is 16.0. The summed E-state index contributed by atoms with van der Waals surface area (Å²) in [6.07, 6.45) is 9.81. The summed E-state index contributed by atoms with van der Waals surface area (Å²) in [5, 5.41) is 9.57. The van der Waals surface area contributed by atoms with Gasteiger partial charge in [-0.05, 0) is 136 Å². The molecular formula is C57H54F4N4O6. The van der Waals surface area contributed by atoms with Crippen LogP contribution >= 0.6 is 0 Å². The van der Waals surface area contributed by atoms with E-state index >= 15 is 4.39 Å². The van der Waals surface area contributed by atoms with Crippen molar-refractivity contribution in [3.8, 4) is 34.3 Å². The van der Waals surface area contributed by atoms with Crippen molar-refractivity contribution in [2.75, 3.05) is 13.2 Å². The minimum atomic E-state index is -0.871. The molecule has 0 saturated heterocycles. The SMILES string of the molecule is CCOC(=O)c1ccc2c(c1)nc(-c1ccc(O)cc1F)n2C1CCCCC1.CCOC(=O)c1ccc2c(c1)nc(-c1ccc(OC(c3cccc(F)c3)c3cccc(F)c3)cc1F)n2C1CCCCC1. The number of carbonyl (C=O) groups excluding carboxylic acids is 2. The number of phenolic OH excluding ortho intramolecular Hbond substituents is 1. The number of halogens is 4. The number of aromatic hydroxyl groups is 1. The smallest absolute Gasteiger partial charge is 0.338 e. The lowest BCUT2D eigenvalue weighted by atomic mass is 9.94. The Morgan fingerprint density at radius 1 is 0.577 bits per heavy atom. The molecule has 71 heavy (non-hydrogen) atoms. The summed E-state index contributed by atoms with van der Waals surface area (Å²) in [5.74, 6) is -1.74. The van der Waals surface area contributed by atoms with Crippen molar-refractivity contribution in [1.82, 2.24) is 19.1 Å². The highest BCUT2D eigenvalue weighted by Crippen LogP contribution is 2.40. The summed E-state index contributed by atoms with van der Waals surface area (Å²) in [6.45, 7) is 4.08. The van der Waals surface area contributed by atoms with Gasteiger partial charge in [-0.2, -0.15) is 0 Å². The van der Waals surface area contributed by atoms with Gasteiger partial charge in [0.05, 0.1) is 57.5 Å². The minimum Gasteiger partial charge on any atom is -0.508 e. The second-order valence-electron chi connectivity index (χ2n) is 18.0. The number of hydrogen-bond acceptors (Lipinski definition) is 8. The molecule has 8 aromatic rings. The van der Waals surface area contributed by atoms with Crippen molar-refractivity contribution in [3.05, 3.63) is 167 Å². The van der Waals surface area contributed by atoms with Gasteiger partial charge in [-0.25, -0.2) is 37.1 Å². The van der Waals surface area contributed by atoms with Crippen LogP contribution in [-0.4, -0.2) is 49.4 Å². The predicted molar refractivity (Wildman–Crippen MR) is 263 cm³/mol. The average Bonchev–Trinajstić information content (AvgIpc) is 3.95. The Morgan fingerprint density at radius 2 is 1.04 bits per heavy atom. The molecule has 2 aliphatic rings. The van der Waals surface area contributed by atoms with Crippen LogP contribution < -0.4 is 4.74 Å². The van der Waals surface area contributed by atoms with E-state index in [1.165, 1.54) is 42.8 Å². The second-order valence-corrected chi connectivity index (χ2v) is 18.0. The summed E-state index contributed by atoms with van der Waals surface area (Å²) in [7, 11) is 0. The van der Waals surface area contributed by atoms with Crippen molar-refractivity contribution in [1.29, 1.82) is 0 Å². The van der Waals surface area contributed by atoms with E-state index in [-0.39, 0.29) is 30.2 Å². The minimum absolute atomic E-state index is 0.119. The zero-order chi connectivity index (χ0) is 49.6. The van der Waals surface area contributed by atoms with Crippen LogP contribution in [0.2, 0.25) is 0 Å². The van der Waals surface area contributed by atoms with E-state index in [0.717, 1.165) is 74.9 Å². The number of hydrogen-bond donors (Lipinski definition) is 1. The number of nitrogens with zero attached hydrogens (tertiary/aromatic N) is 4. The average molecular weight is 967 g/mol. The summed E-state index contributed by atoms with van der Waals surface area (Å²) in [6, 6.07) is 31.3. The van der Waals surface area contributed by atoms with Crippen LogP contribution in [0.15, 0.2) is 121 Å². The Balaban J connectivity index is 0.000000192. The number of rotatable bonds is 12. The molecule has 366 valence electrons. The first-order chi connectivity index (χ1) is 34.5. The quantitative estimate of drug-likeness (QED) is 0.0950. The topological polar surface area (TPSA) is 118 Å². The molecule has 10 nitrogen and oxygen atoms in total. The summed E-state index contributed by atoms with van der Waals surface area (Å²) < 4.78 is 79.5. The van der Waals surface area contributed by atoms with E-state index in [4.69, 9.17) is 19.2 Å². The Labute approximate surface area is 408 Å². The number of aromatic nitrogens is 4. The largest absolute Gasteiger partial charge is 0.508 e. The molecule has 1 N–H and O–H groups in total. The predicted octanol–water partition coefficient (Wildman–Crippen LogP) is 14.2. The van der Waals surface area contributed by atoms with Crippen LogP contribution in [0.4, 0.5) is 17.6 Å². The number of ether oxygens (including phenoxy) is 3. The van der Waals surface area contributed by atoms with Crippen LogP contribution in [0.5, 0.6) is 11.5 Å². The van der Waals surface area contributed by atoms with Gasteiger partial charge in [0.15, 0.2) is 0 Å². The first-order valence-corrected chi connectivity index (χ1v) is 24.3. The molecule has 0 radical (unpaired) electrons.